The van der Waals surface area contributed by atoms with Gasteiger partial charge in [0.2, 0.25) is 0 Å². The van der Waals surface area contributed by atoms with E-state index in [0.717, 1.165) is 16.8 Å². The van der Waals surface area contributed by atoms with Gasteiger partial charge in [0.15, 0.2) is 11.5 Å². The van der Waals surface area contributed by atoms with E-state index < -0.39 is 0 Å². The van der Waals surface area contributed by atoms with Crippen LogP contribution in [0.5, 0.6) is 11.5 Å². The minimum atomic E-state index is 0.490. The largest absolute Gasteiger partial charge is 0.493 e. The third-order valence-corrected chi connectivity index (χ3v) is 4.80. The molecule has 0 amide bonds. The molecule has 1 heterocycles. The summed E-state index contributed by atoms with van der Waals surface area (Å²) in [6.07, 6.45) is 1.78. The van der Waals surface area contributed by atoms with Gasteiger partial charge < -0.3 is 9.47 Å². The molecule has 0 spiro atoms. The average Bonchev–Trinajstić information content (AvgIpc) is 3.15. The minimum Gasteiger partial charge on any atom is -0.493 e. The predicted octanol–water partition coefficient (Wildman–Crippen LogP) is 5.54. The molecule has 26 heavy (non-hydrogen) atoms. The molecule has 3 rings (SSSR count). The zero-order chi connectivity index (χ0) is 18.5. The van der Waals surface area contributed by atoms with Gasteiger partial charge in [-0.2, -0.15) is 5.26 Å². The lowest BCUT2D eigenvalue weighted by Gasteiger charge is -2.08. The summed E-state index contributed by atoms with van der Waals surface area (Å²) in [5, 5.41) is 12.7. The van der Waals surface area contributed by atoms with E-state index in [1.54, 1.807) is 26.4 Å². The summed E-state index contributed by atoms with van der Waals surface area (Å²) in [6, 6.07) is 15.2. The molecule has 0 atom stereocenters. The molecule has 0 aliphatic carbocycles. The SMILES string of the molecule is COc1ccc(-c2csc(/C(C#N)=C/c3cccc(Cl)c3)n2)cc1OC. The molecule has 0 bridgehead atoms. The molecule has 0 aliphatic rings. The highest BCUT2D eigenvalue weighted by Crippen LogP contribution is 2.34. The number of rotatable bonds is 5. The highest BCUT2D eigenvalue weighted by Gasteiger charge is 2.12. The Morgan fingerprint density at radius 3 is 2.65 bits per heavy atom. The molecular weight excluding hydrogens is 368 g/mol. The van der Waals surface area contributed by atoms with Gasteiger partial charge in [-0.1, -0.05) is 23.7 Å². The Bertz CT molecular complexity index is 1010. The van der Waals surface area contributed by atoms with Crippen molar-refractivity contribution in [2.75, 3.05) is 14.2 Å². The number of halogens is 1. The molecule has 4 nitrogen and oxygen atoms in total. The molecule has 0 saturated heterocycles. The summed E-state index contributed by atoms with van der Waals surface area (Å²) in [5.74, 6) is 1.29. The molecule has 0 aliphatic heterocycles. The first kappa shape index (κ1) is 18.0. The summed E-state index contributed by atoms with van der Waals surface area (Å²) in [4.78, 5) is 4.60. The van der Waals surface area contributed by atoms with Crippen molar-refractivity contribution in [2.24, 2.45) is 0 Å². The minimum absolute atomic E-state index is 0.490. The van der Waals surface area contributed by atoms with Crippen LogP contribution in [0.15, 0.2) is 47.8 Å². The highest BCUT2D eigenvalue weighted by atomic mass is 35.5. The number of aromatic nitrogens is 1. The lowest BCUT2D eigenvalue weighted by Crippen LogP contribution is -1.91. The van der Waals surface area contributed by atoms with Crippen LogP contribution in [0.2, 0.25) is 5.02 Å². The van der Waals surface area contributed by atoms with Crippen molar-refractivity contribution in [3.05, 3.63) is 63.4 Å². The van der Waals surface area contributed by atoms with E-state index in [0.29, 0.717) is 27.1 Å². The summed E-state index contributed by atoms with van der Waals surface area (Å²) >= 11 is 7.42. The van der Waals surface area contributed by atoms with Crippen LogP contribution in [0, 0.1) is 11.3 Å². The highest BCUT2D eigenvalue weighted by molar-refractivity contribution is 7.11. The van der Waals surface area contributed by atoms with Crippen LogP contribution in [0.1, 0.15) is 10.6 Å². The van der Waals surface area contributed by atoms with E-state index in [1.807, 2.05) is 41.8 Å². The van der Waals surface area contributed by atoms with Crippen molar-refractivity contribution in [3.63, 3.8) is 0 Å². The Balaban J connectivity index is 1.95. The number of nitrogens with zero attached hydrogens (tertiary/aromatic N) is 2. The van der Waals surface area contributed by atoms with Crippen LogP contribution in [0.25, 0.3) is 22.9 Å². The maximum absolute atomic E-state index is 9.52. The van der Waals surface area contributed by atoms with Gasteiger partial charge in [0.05, 0.1) is 25.5 Å². The van der Waals surface area contributed by atoms with Gasteiger partial charge in [-0.25, -0.2) is 4.98 Å². The number of thiazole rings is 1. The lowest BCUT2D eigenvalue weighted by atomic mass is 10.1. The summed E-state index contributed by atoms with van der Waals surface area (Å²) in [5.41, 5.74) is 3.02. The van der Waals surface area contributed by atoms with Gasteiger partial charge in [-0.15, -0.1) is 11.3 Å². The number of ether oxygens (including phenoxy) is 2. The van der Waals surface area contributed by atoms with Gasteiger partial charge in [0.1, 0.15) is 11.1 Å². The smallest absolute Gasteiger partial charge is 0.161 e. The molecule has 130 valence electrons. The van der Waals surface area contributed by atoms with Crippen molar-refractivity contribution < 1.29 is 9.47 Å². The standard InChI is InChI=1S/C20H15ClN2O2S/c1-24-18-7-6-14(10-19(18)25-2)17-12-26-20(23-17)15(11-22)8-13-4-3-5-16(21)9-13/h3-10,12H,1-2H3/b15-8+. The summed E-state index contributed by atoms with van der Waals surface area (Å²) in [7, 11) is 3.19. The van der Waals surface area contributed by atoms with E-state index in [-0.39, 0.29) is 0 Å². The Kier molecular flexibility index (Phi) is 5.57. The van der Waals surface area contributed by atoms with Crippen LogP contribution in [-0.4, -0.2) is 19.2 Å². The topological polar surface area (TPSA) is 55.1 Å². The van der Waals surface area contributed by atoms with Crippen LogP contribution in [-0.2, 0) is 0 Å². The zero-order valence-corrected chi connectivity index (χ0v) is 15.8. The number of nitriles is 1. The van der Waals surface area contributed by atoms with E-state index in [2.05, 4.69) is 11.1 Å². The van der Waals surface area contributed by atoms with E-state index in [4.69, 9.17) is 21.1 Å². The normalized spacial score (nSPS) is 11.1. The molecule has 0 radical (unpaired) electrons. The molecule has 0 fully saturated rings. The van der Waals surface area contributed by atoms with Gasteiger partial charge in [0, 0.05) is 16.0 Å². The molecule has 0 N–H and O–H groups in total. The number of hydrogen-bond donors (Lipinski definition) is 0. The Morgan fingerprint density at radius 1 is 1.15 bits per heavy atom. The second-order valence-corrected chi connectivity index (χ2v) is 6.63. The molecule has 0 saturated carbocycles. The van der Waals surface area contributed by atoms with Crippen LogP contribution >= 0.6 is 22.9 Å². The van der Waals surface area contributed by atoms with Crippen LogP contribution < -0.4 is 9.47 Å². The second kappa shape index (κ2) is 8.05. The van der Waals surface area contributed by atoms with Crippen molar-refractivity contribution in [1.29, 1.82) is 5.26 Å². The van der Waals surface area contributed by atoms with E-state index in [9.17, 15) is 5.26 Å². The third kappa shape index (κ3) is 3.88. The number of methoxy groups -OCH3 is 2. The molecular formula is C20H15ClN2O2S. The first-order valence-electron chi connectivity index (χ1n) is 7.70. The Labute approximate surface area is 160 Å². The van der Waals surface area contributed by atoms with Crippen molar-refractivity contribution >= 4 is 34.6 Å². The van der Waals surface area contributed by atoms with E-state index >= 15 is 0 Å². The third-order valence-electron chi connectivity index (χ3n) is 3.69. The summed E-state index contributed by atoms with van der Waals surface area (Å²) in [6.45, 7) is 0. The van der Waals surface area contributed by atoms with Gasteiger partial charge in [0.25, 0.3) is 0 Å². The van der Waals surface area contributed by atoms with Crippen LogP contribution in [0.3, 0.4) is 0 Å². The number of hydrogen-bond acceptors (Lipinski definition) is 5. The fourth-order valence-electron chi connectivity index (χ4n) is 2.43. The van der Waals surface area contributed by atoms with Crippen molar-refractivity contribution in [2.45, 2.75) is 0 Å². The van der Waals surface area contributed by atoms with Crippen molar-refractivity contribution in [3.8, 4) is 28.8 Å². The van der Waals surface area contributed by atoms with Crippen LogP contribution in [0.4, 0.5) is 0 Å². The average molecular weight is 383 g/mol. The van der Waals surface area contributed by atoms with Crippen molar-refractivity contribution in [1.82, 2.24) is 4.98 Å². The maximum Gasteiger partial charge on any atom is 0.161 e. The molecule has 3 aromatic rings. The Hall–Kier alpha value is -2.81. The number of benzene rings is 2. The van der Waals surface area contributed by atoms with Gasteiger partial charge >= 0.3 is 0 Å². The fraction of sp³-hybridized carbons (Fsp3) is 0.100. The molecule has 0 unspecified atom stereocenters. The molecule has 1 aromatic heterocycles. The molecule has 2 aromatic carbocycles. The summed E-state index contributed by atoms with van der Waals surface area (Å²) < 4.78 is 10.6. The number of allylic oxidation sites excluding steroid dienone is 1. The van der Waals surface area contributed by atoms with E-state index in [1.165, 1.54) is 11.3 Å². The Morgan fingerprint density at radius 2 is 1.96 bits per heavy atom. The zero-order valence-electron chi connectivity index (χ0n) is 14.2. The van der Waals surface area contributed by atoms with Gasteiger partial charge in [-0.05, 0) is 42.0 Å². The maximum atomic E-state index is 9.52. The van der Waals surface area contributed by atoms with Gasteiger partial charge in [-0.3, -0.25) is 0 Å². The second-order valence-electron chi connectivity index (χ2n) is 5.33. The predicted molar refractivity (Wildman–Crippen MR) is 106 cm³/mol. The first-order valence-corrected chi connectivity index (χ1v) is 8.96. The lowest BCUT2D eigenvalue weighted by molar-refractivity contribution is 0.355. The monoisotopic (exact) mass is 382 g/mol. The fourth-order valence-corrected chi connectivity index (χ4v) is 3.42. The molecule has 6 heteroatoms. The quantitative estimate of drug-likeness (QED) is 0.543. The first-order chi connectivity index (χ1) is 12.6.